The van der Waals surface area contributed by atoms with E-state index in [2.05, 4.69) is 98.6 Å². The number of rotatable bonds is 8. The minimum atomic E-state index is -2.06. The molecule has 1 aromatic heterocycles. The third-order valence-corrected chi connectivity index (χ3v) is 19.2. The lowest BCUT2D eigenvalue weighted by Crippen LogP contribution is -2.58. The van der Waals surface area contributed by atoms with Gasteiger partial charge in [-0.3, -0.25) is 0 Å². The van der Waals surface area contributed by atoms with E-state index >= 15 is 0 Å². The van der Waals surface area contributed by atoms with Gasteiger partial charge in [-0.2, -0.15) is 0 Å². The lowest BCUT2D eigenvalue weighted by molar-refractivity contribution is 0.0191. The van der Waals surface area contributed by atoms with Crippen molar-refractivity contribution in [3.8, 4) is 0 Å². The van der Waals surface area contributed by atoms with Crippen LogP contribution < -0.4 is 4.90 Å². The second-order valence-electron chi connectivity index (χ2n) is 16.4. The third kappa shape index (κ3) is 7.44. The summed E-state index contributed by atoms with van der Waals surface area (Å²) in [6.07, 6.45) is 4.58. The van der Waals surface area contributed by atoms with Crippen molar-refractivity contribution in [3.05, 3.63) is 29.1 Å². The van der Waals surface area contributed by atoms with E-state index in [1.807, 2.05) is 31.9 Å². The lowest BCUT2D eigenvalue weighted by atomic mass is 9.99. The Balaban J connectivity index is 1.94. The molecular formula is C33H59N3O4Si2. The Kier molecular flexibility index (Phi) is 9.83. The van der Waals surface area contributed by atoms with E-state index in [9.17, 15) is 4.79 Å². The number of hydrogen-bond donors (Lipinski definition) is 0. The zero-order valence-corrected chi connectivity index (χ0v) is 31.3. The third-order valence-electron chi connectivity index (χ3n) is 10.3. The zero-order chi connectivity index (χ0) is 32.1. The zero-order valence-electron chi connectivity index (χ0n) is 29.3. The second-order valence-corrected chi connectivity index (χ2v) is 25.7. The van der Waals surface area contributed by atoms with Crippen LogP contribution in [0.4, 0.5) is 10.6 Å². The molecule has 238 valence electrons. The van der Waals surface area contributed by atoms with Crippen molar-refractivity contribution in [3.63, 3.8) is 0 Å². The van der Waals surface area contributed by atoms with Crippen molar-refractivity contribution >= 4 is 34.6 Å². The Morgan fingerprint density at radius 3 is 2.21 bits per heavy atom. The van der Waals surface area contributed by atoms with Crippen molar-refractivity contribution < 1.29 is 18.4 Å². The first-order valence-corrected chi connectivity index (χ1v) is 21.6. The van der Waals surface area contributed by atoms with Gasteiger partial charge in [-0.1, -0.05) is 48.5 Å². The van der Waals surface area contributed by atoms with E-state index < -0.39 is 22.2 Å². The number of pyridine rings is 1. The summed E-state index contributed by atoms with van der Waals surface area (Å²) in [5.41, 5.74) is 2.71. The predicted octanol–water partition coefficient (Wildman–Crippen LogP) is 8.60. The van der Waals surface area contributed by atoms with E-state index in [0.717, 1.165) is 23.5 Å². The Labute approximate surface area is 258 Å². The van der Waals surface area contributed by atoms with E-state index in [-0.39, 0.29) is 28.3 Å². The van der Waals surface area contributed by atoms with Gasteiger partial charge in [0, 0.05) is 24.7 Å². The molecule has 0 spiro atoms. The Hall–Kier alpha value is -1.85. The molecule has 0 radical (unpaired) electrons. The molecule has 42 heavy (non-hydrogen) atoms. The number of piperazine rings is 1. The van der Waals surface area contributed by atoms with Crippen molar-refractivity contribution in [1.29, 1.82) is 0 Å². The monoisotopic (exact) mass is 617 g/mol. The molecule has 9 heteroatoms. The van der Waals surface area contributed by atoms with Gasteiger partial charge in [-0.25, -0.2) is 9.78 Å². The summed E-state index contributed by atoms with van der Waals surface area (Å²) >= 11 is 0. The van der Waals surface area contributed by atoms with Crippen LogP contribution in [0.3, 0.4) is 0 Å². The summed E-state index contributed by atoms with van der Waals surface area (Å²) in [7, 11) is -4.00. The number of carbonyl (C=O) groups is 1. The molecule has 0 N–H and O–H groups in total. The Morgan fingerprint density at radius 2 is 1.67 bits per heavy atom. The van der Waals surface area contributed by atoms with Gasteiger partial charge in [-0.15, -0.1) is 0 Å². The number of hydrogen-bond acceptors (Lipinski definition) is 6. The van der Waals surface area contributed by atoms with Gasteiger partial charge in [0.1, 0.15) is 11.4 Å². The largest absolute Gasteiger partial charge is 0.549 e. The minimum absolute atomic E-state index is 0.114. The van der Waals surface area contributed by atoms with E-state index in [1.165, 1.54) is 5.56 Å². The fourth-order valence-electron chi connectivity index (χ4n) is 5.28. The fraction of sp³-hybridized carbons (Fsp3) is 0.758. The predicted molar refractivity (Wildman–Crippen MR) is 180 cm³/mol. The van der Waals surface area contributed by atoms with Gasteiger partial charge in [0.15, 0.2) is 8.32 Å². The molecule has 2 atom stereocenters. The van der Waals surface area contributed by atoms with E-state index in [4.69, 9.17) is 18.6 Å². The molecule has 1 amide bonds. The number of carbonyl (C=O) groups excluding carboxylic acids is 1. The first-order valence-electron chi connectivity index (χ1n) is 15.7. The maximum absolute atomic E-state index is 12.9. The summed E-state index contributed by atoms with van der Waals surface area (Å²) in [5.74, 6) is 1.55. The molecule has 0 aromatic carbocycles. The summed E-state index contributed by atoms with van der Waals surface area (Å²) in [6.45, 7) is 34.8. The minimum Gasteiger partial charge on any atom is -0.549 e. The van der Waals surface area contributed by atoms with Crippen LogP contribution in [0.25, 0.3) is 6.08 Å². The fourth-order valence-corrected chi connectivity index (χ4v) is 8.30. The van der Waals surface area contributed by atoms with Crippen molar-refractivity contribution in [2.75, 3.05) is 18.0 Å². The lowest BCUT2D eigenvalue weighted by Gasteiger charge is -2.43. The summed E-state index contributed by atoms with van der Waals surface area (Å²) in [4.78, 5) is 22.5. The molecule has 0 bridgehead atoms. The highest BCUT2D eigenvalue weighted by Crippen LogP contribution is 2.45. The van der Waals surface area contributed by atoms with Crippen LogP contribution in [-0.4, -0.2) is 63.4 Å². The number of amides is 1. The molecule has 3 heterocycles. The number of anilines is 1. The molecule has 1 aromatic rings. The van der Waals surface area contributed by atoms with Crippen LogP contribution >= 0.6 is 0 Å². The highest BCUT2D eigenvalue weighted by atomic mass is 28.4. The van der Waals surface area contributed by atoms with Crippen molar-refractivity contribution in [1.82, 2.24) is 9.88 Å². The van der Waals surface area contributed by atoms with Crippen LogP contribution in [0.15, 0.2) is 12.3 Å². The Morgan fingerprint density at radius 1 is 1.05 bits per heavy atom. The average molecular weight is 618 g/mol. The smallest absolute Gasteiger partial charge is 0.410 e. The molecule has 2 aliphatic heterocycles. The molecule has 1 fully saturated rings. The van der Waals surface area contributed by atoms with Gasteiger partial charge in [0.2, 0.25) is 8.32 Å². The van der Waals surface area contributed by atoms with Gasteiger partial charge in [-0.05, 0) is 94.0 Å². The first-order chi connectivity index (χ1) is 19.0. The van der Waals surface area contributed by atoms with Gasteiger partial charge < -0.3 is 23.4 Å². The van der Waals surface area contributed by atoms with Crippen LogP contribution in [0.1, 0.15) is 93.0 Å². The highest BCUT2D eigenvalue weighted by Gasteiger charge is 2.45. The second kappa shape index (κ2) is 11.9. The molecule has 7 nitrogen and oxygen atoms in total. The molecular weight excluding hydrogens is 559 g/mol. The average Bonchev–Trinajstić information content (AvgIpc) is 3.18. The van der Waals surface area contributed by atoms with Crippen molar-refractivity contribution in [2.24, 2.45) is 5.92 Å². The normalized spacial score (nSPS) is 20.3. The van der Waals surface area contributed by atoms with Crippen LogP contribution in [0, 0.1) is 5.92 Å². The van der Waals surface area contributed by atoms with Crippen LogP contribution in [-0.2, 0) is 26.6 Å². The Bertz CT molecular complexity index is 1170. The number of fused-ring (bicyclic) bond motifs is 3. The molecule has 1 saturated heterocycles. The van der Waals surface area contributed by atoms with Crippen LogP contribution in [0.5, 0.6) is 0 Å². The molecule has 3 rings (SSSR count). The maximum Gasteiger partial charge on any atom is 0.410 e. The van der Waals surface area contributed by atoms with Gasteiger partial charge in [0.05, 0.1) is 24.6 Å². The molecule has 0 aliphatic carbocycles. The SMILES string of the molecule is CC(C)C(C)(C)[Si](C)(C)OCc1nc2c(cc1C=CO[Si](C)(C)C(C)(C)C)C[C@@H]1CN(C(=O)OC(C)(C)C)C[C@@H](C)N21. The van der Waals surface area contributed by atoms with Crippen LogP contribution in [0.2, 0.25) is 36.3 Å². The van der Waals surface area contributed by atoms with Gasteiger partial charge >= 0.3 is 6.09 Å². The molecule has 0 saturated carbocycles. The topological polar surface area (TPSA) is 64.1 Å². The molecule has 0 unspecified atom stereocenters. The highest BCUT2D eigenvalue weighted by molar-refractivity contribution is 6.74. The molecule has 2 aliphatic rings. The van der Waals surface area contributed by atoms with E-state index in [1.54, 1.807) is 0 Å². The first kappa shape index (κ1) is 34.6. The standard InChI is InChI=1S/C33H59N3O4Si2/c1-23(2)33(10,11)42(14,15)39-22-28-25(16-17-38-41(12,13)32(7,8)9)18-26-19-27-21-35(30(37)40-31(4,5)6)20-24(3)36(27)29(26)34-28/h16-18,23-24,27H,19-22H2,1-15H3/t24-,27-/m1/s1. The summed E-state index contributed by atoms with van der Waals surface area (Å²) in [5, 5.41) is 0.236. The quantitative estimate of drug-likeness (QED) is 0.215. The maximum atomic E-state index is 12.9. The van der Waals surface area contributed by atoms with Gasteiger partial charge in [0.25, 0.3) is 0 Å². The summed E-state index contributed by atoms with van der Waals surface area (Å²) < 4.78 is 19.0. The summed E-state index contributed by atoms with van der Waals surface area (Å²) in [6, 6.07) is 2.58. The van der Waals surface area contributed by atoms with E-state index in [0.29, 0.717) is 25.6 Å². The number of nitrogens with zero attached hydrogens (tertiary/aromatic N) is 3. The number of aromatic nitrogens is 1. The number of ether oxygens (including phenoxy) is 1. The van der Waals surface area contributed by atoms with Crippen molar-refractivity contribution in [2.45, 2.75) is 143 Å².